The van der Waals surface area contributed by atoms with Crippen molar-refractivity contribution in [2.75, 3.05) is 0 Å². The van der Waals surface area contributed by atoms with Crippen LogP contribution in [0.2, 0.25) is 0 Å². The monoisotopic (exact) mass is 235 g/mol. The van der Waals surface area contributed by atoms with Crippen molar-refractivity contribution < 1.29 is 9.18 Å². The van der Waals surface area contributed by atoms with Gasteiger partial charge in [-0.25, -0.2) is 4.39 Å². The molecule has 0 aromatic heterocycles. The first kappa shape index (κ1) is 12.1. The lowest BCUT2D eigenvalue weighted by molar-refractivity contribution is -0.128. The van der Waals surface area contributed by atoms with Gasteiger partial charge in [0.1, 0.15) is 5.82 Å². The molecule has 1 aliphatic carbocycles. The van der Waals surface area contributed by atoms with E-state index in [1.54, 1.807) is 12.1 Å². The summed E-state index contributed by atoms with van der Waals surface area (Å²) in [5, 5.41) is 3.00. The largest absolute Gasteiger partial charge is 0.352 e. The molecule has 17 heavy (non-hydrogen) atoms. The SMILES string of the molecule is CC(C)(C)C(=O)NC1CC1c1cccc(F)c1. The predicted octanol–water partition coefficient (Wildman–Crippen LogP) is 2.84. The first-order valence-electron chi connectivity index (χ1n) is 5.94. The minimum Gasteiger partial charge on any atom is -0.352 e. The molecule has 2 unspecified atom stereocenters. The molecule has 1 aliphatic rings. The van der Waals surface area contributed by atoms with Crippen molar-refractivity contribution in [1.29, 1.82) is 0 Å². The van der Waals surface area contributed by atoms with E-state index in [0.29, 0.717) is 0 Å². The Bertz CT molecular complexity index is 436. The molecule has 3 heteroatoms. The molecular weight excluding hydrogens is 217 g/mol. The molecule has 1 aromatic carbocycles. The smallest absolute Gasteiger partial charge is 0.225 e. The maximum atomic E-state index is 13.0. The summed E-state index contributed by atoms with van der Waals surface area (Å²) in [7, 11) is 0. The molecule has 0 aliphatic heterocycles. The van der Waals surface area contributed by atoms with Gasteiger partial charge >= 0.3 is 0 Å². The molecule has 1 aromatic rings. The Morgan fingerprint density at radius 1 is 1.41 bits per heavy atom. The van der Waals surface area contributed by atoms with Crippen molar-refractivity contribution in [3.8, 4) is 0 Å². The molecule has 1 fully saturated rings. The van der Waals surface area contributed by atoms with Gasteiger partial charge in [0, 0.05) is 17.4 Å². The van der Waals surface area contributed by atoms with Crippen molar-refractivity contribution in [2.24, 2.45) is 5.41 Å². The molecule has 2 nitrogen and oxygen atoms in total. The molecular formula is C14H18FNO. The van der Waals surface area contributed by atoms with Gasteiger partial charge in [0.25, 0.3) is 0 Å². The lowest BCUT2D eigenvalue weighted by Gasteiger charge is -2.17. The van der Waals surface area contributed by atoms with Gasteiger partial charge in [0.05, 0.1) is 0 Å². The molecule has 0 saturated heterocycles. The third-order valence-electron chi connectivity index (χ3n) is 3.06. The van der Waals surface area contributed by atoms with Crippen LogP contribution in [-0.2, 0) is 4.79 Å². The number of halogens is 1. The van der Waals surface area contributed by atoms with Crippen LogP contribution in [0.25, 0.3) is 0 Å². The number of hydrogen-bond acceptors (Lipinski definition) is 1. The fraction of sp³-hybridized carbons (Fsp3) is 0.500. The highest BCUT2D eigenvalue weighted by Gasteiger charge is 2.41. The first-order chi connectivity index (χ1) is 7.88. The average Bonchev–Trinajstić information content (AvgIpc) is 2.95. The van der Waals surface area contributed by atoms with Crippen LogP contribution in [0.5, 0.6) is 0 Å². The van der Waals surface area contributed by atoms with E-state index in [1.807, 2.05) is 26.8 Å². The molecule has 0 heterocycles. The molecule has 0 bridgehead atoms. The van der Waals surface area contributed by atoms with Gasteiger partial charge in [-0.05, 0) is 24.1 Å². The maximum absolute atomic E-state index is 13.0. The van der Waals surface area contributed by atoms with Crippen molar-refractivity contribution in [3.05, 3.63) is 35.6 Å². The normalized spacial score (nSPS) is 23.3. The van der Waals surface area contributed by atoms with E-state index in [1.165, 1.54) is 6.07 Å². The zero-order chi connectivity index (χ0) is 12.6. The van der Waals surface area contributed by atoms with Crippen LogP contribution in [-0.4, -0.2) is 11.9 Å². The van der Waals surface area contributed by atoms with Crippen LogP contribution in [0.15, 0.2) is 24.3 Å². The number of benzene rings is 1. The second kappa shape index (κ2) is 4.13. The molecule has 1 N–H and O–H groups in total. The summed E-state index contributed by atoms with van der Waals surface area (Å²) in [4.78, 5) is 11.8. The molecule has 2 rings (SSSR count). The fourth-order valence-electron chi connectivity index (χ4n) is 1.85. The number of rotatable bonds is 2. The summed E-state index contributed by atoms with van der Waals surface area (Å²) in [6.07, 6.45) is 0.908. The fourth-order valence-corrected chi connectivity index (χ4v) is 1.85. The van der Waals surface area contributed by atoms with Crippen LogP contribution in [0.1, 0.15) is 38.7 Å². The minimum atomic E-state index is -0.366. The lowest BCUT2D eigenvalue weighted by Crippen LogP contribution is -2.36. The highest BCUT2D eigenvalue weighted by Crippen LogP contribution is 2.41. The van der Waals surface area contributed by atoms with Crippen LogP contribution < -0.4 is 5.32 Å². The van der Waals surface area contributed by atoms with E-state index in [-0.39, 0.29) is 29.1 Å². The van der Waals surface area contributed by atoms with Gasteiger partial charge < -0.3 is 5.32 Å². The van der Waals surface area contributed by atoms with E-state index < -0.39 is 0 Å². The Hall–Kier alpha value is -1.38. The summed E-state index contributed by atoms with van der Waals surface area (Å²) in [6, 6.07) is 6.79. The average molecular weight is 235 g/mol. The molecule has 2 atom stereocenters. The van der Waals surface area contributed by atoms with Crippen molar-refractivity contribution in [1.82, 2.24) is 5.32 Å². The van der Waals surface area contributed by atoms with Crippen LogP contribution >= 0.6 is 0 Å². The van der Waals surface area contributed by atoms with Crippen LogP contribution in [0.4, 0.5) is 4.39 Å². The Labute approximate surface area is 101 Å². The summed E-state index contributed by atoms with van der Waals surface area (Å²) in [5.41, 5.74) is 0.610. The molecule has 92 valence electrons. The Balaban J connectivity index is 1.96. The van der Waals surface area contributed by atoms with E-state index in [9.17, 15) is 9.18 Å². The maximum Gasteiger partial charge on any atom is 0.225 e. The zero-order valence-electron chi connectivity index (χ0n) is 10.5. The van der Waals surface area contributed by atoms with Gasteiger partial charge in [-0.3, -0.25) is 4.79 Å². The Morgan fingerprint density at radius 2 is 2.12 bits per heavy atom. The summed E-state index contributed by atoms with van der Waals surface area (Å²) in [5.74, 6) is 0.119. The third-order valence-corrected chi connectivity index (χ3v) is 3.06. The van der Waals surface area contributed by atoms with Gasteiger partial charge in [-0.15, -0.1) is 0 Å². The summed E-state index contributed by atoms with van der Waals surface area (Å²) in [6.45, 7) is 5.67. The number of carbonyl (C=O) groups excluding carboxylic acids is 1. The second-order valence-electron chi connectivity index (χ2n) is 5.73. The van der Waals surface area contributed by atoms with E-state index in [4.69, 9.17) is 0 Å². The summed E-state index contributed by atoms with van der Waals surface area (Å²) < 4.78 is 13.0. The van der Waals surface area contributed by atoms with Gasteiger partial charge in [0.2, 0.25) is 5.91 Å². The van der Waals surface area contributed by atoms with Crippen molar-refractivity contribution >= 4 is 5.91 Å². The number of amides is 1. The van der Waals surface area contributed by atoms with Crippen molar-refractivity contribution in [3.63, 3.8) is 0 Å². The first-order valence-corrected chi connectivity index (χ1v) is 5.94. The third kappa shape index (κ3) is 2.84. The number of carbonyl (C=O) groups is 1. The van der Waals surface area contributed by atoms with E-state index >= 15 is 0 Å². The Morgan fingerprint density at radius 3 is 2.71 bits per heavy atom. The number of hydrogen-bond donors (Lipinski definition) is 1. The van der Waals surface area contributed by atoms with Crippen molar-refractivity contribution in [2.45, 2.75) is 39.2 Å². The van der Waals surface area contributed by atoms with E-state index in [0.717, 1.165) is 12.0 Å². The Kier molecular flexibility index (Phi) is 2.94. The van der Waals surface area contributed by atoms with Gasteiger partial charge in [-0.2, -0.15) is 0 Å². The van der Waals surface area contributed by atoms with Gasteiger partial charge in [-0.1, -0.05) is 32.9 Å². The second-order valence-corrected chi connectivity index (χ2v) is 5.73. The van der Waals surface area contributed by atoms with E-state index in [2.05, 4.69) is 5.32 Å². The topological polar surface area (TPSA) is 29.1 Å². The molecule has 1 saturated carbocycles. The predicted molar refractivity (Wildman–Crippen MR) is 65.1 cm³/mol. The minimum absolute atomic E-state index is 0.0569. The van der Waals surface area contributed by atoms with Crippen LogP contribution in [0, 0.1) is 11.2 Å². The molecule has 0 spiro atoms. The standard InChI is InChI=1S/C14H18FNO/c1-14(2,3)13(17)16-12-8-11(12)9-5-4-6-10(15)7-9/h4-7,11-12H,8H2,1-3H3,(H,16,17). The zero-order valence-corrected chi connectivity index (χ0v) is 10.5. The molecule has 0 radical (unpaired) electrons. The highest BCUT2D eigenvalue weighted by molar-refractivity contribution is 5.82. The van der Waals surface area contributed by atoms with Crippen LogP contribution in [0.3, 0.4) is 0 Å². The molecule has 1 amide bonds. The van der Waals surface area contributed by atoms with Gasteiger partial charge in [0.15, 0.2) is 0 Å². The number of nitrogens with one attached hydrogen (secondary N) is 1. The highest BCUT2D eigenvalue weighted by atomic mass is 19.1. The quantitative estimate of drug-likeness (QED) is 0.839. The lowest BCUT2D eigenvalue weighted by atomic mass is 9.95. The summed E-state index contributed by atoms with van der Waals surface area (Å²) >= 11 is 0.